The predicted octanol–water partition coefficient (Wildman–Crippen LogP) is 6.94. The predicted molar refractivity (Wildman–Crippen MR) is 159 cm³/mol. The second-order valence-electron chi connectivity index (χ2n) is 12.0. The Morgan fingerprint density at radius 3 is 1.82 bits per heavy atom. The molecule has 0 aliphatic rings. The summed E-state index contributed by atoms with van der Waals surface area (Å²) in [6, 6.07) is 6.63. The van der Waals surface area contributed by atoms with Gasteiger partial charge in [0.25, 0.3) is 0 Å². The molecule has 8 nitrogen and oxygen atoms in total. The highest BCUT2D eigenvalue weighted by Gasteiger charge is 2.27. The number of carboxylic acids is 1. The van der Waals surface area contributed by atoms with Crippen molar-refractivity contribution < 1.29 is 33.8 Å². The molecule has 0 aromatic heterocycles. The van der Waals surface area contributed by atoms with Crippen LogP contribution in [0.25, 0.3) is 0 Å². The fraction of sp³-hybridized carbons (Fsp3) is 0.677. The molecule has 226 valence electrons. The number of esters is 2. The SMILES string of the molecule is CC(C)(C)OC(=O)c1ccc(SCCCCCCCCCCC(=O)N[C@@H](CCC(=O)O)C(=O)OC(C)(C)C)cc1. The molecule has 0 fully saturated rings. The molecule has 0 heterocycles. The van der Waals surface area contributed by atoms with E-state index in [-0.39, 0.29) is 24.7 Å². The number of hydrogen-bond acceptors (Lipinski definition) is 7. The van der Waals surface area contributed by atoms with Gasteiger partial charge >= 0.3 is 17.9 Å². The number of carbonyl (C=O) groups excluding carboxylic acids is 3. The van der Waals surface area contributed by atoms with Crippen LogP contribution in [0.15, 0.2) is 29.2 Å². The summed E-state index contributed by atoms with van der Waals surface area (Å²) in [5, 5.41) is 11.6. The summed E-state index contributed by atoms with van der Waals surface area (Å²) in [5.74, 6) is -1.13. The first-order valence-electron chi connectivity index (χ1n) is 14.4. The Labute approximate surface area is 244 Å². The average molecular weight is 580 g/mol. The minimum absolute atomic E-state index is 0.00880. The number of carbonyl (C=O) groups is 4. The fourth-order valence-electron chi connectivity index (χ4n) is 3.82. The molecule has 0 radical (unpaired) electrons. The molecule has 2 N–H and O–H groups in total. The monoisotopic (exact) mass is 579 g/mol. The van der Waals surface area contributed by atoms with Gasteiger partial charge in [-0.1, -0.05) is 38.5 Å². The van der Waals surface area contributed by atoms with Gasteiger partial charge in [-0.15, -0.1) is 11.8 Å². The van der Waals surface area contributed by atoms with Crippen LogP contribution in [-0.4, -0.2) is 51.9 Å². The number of amides is 1. The smallest absolute Gasteiger partial charge is 0.338 e. The molecule has 0 saturated heterocycles. The Hall–Kier alpha value is -2.55. The topological polar surface area (TPSA) is 119 Å². The van der Waals surface area contributed by atoms with Crippen LogP contribution >= 0.6 is 11.8 Å². The Kier molecular flexibility index (Phi) is 16.0. The van der Waals surface area contributed by atoms with Gasteiger partial charge in [-0.3, -0.25) is 9.59 Å². The summed E-state index contributed by atoms with van der Waals surface area (Å²) >= 11 is 1.80. The summed E-state index contributed by atoms with van der Waals surface area (Å²) < 4.78 is 10.7. The van der Waals surface area contributed by atoms with Crippen molar-refractivity contribution in [2.24, 2.45) is 0 Å². The van der Waals surface area contributed by atoms with E-state index in [9.17, 15) is 19.2 Å². The lowest BCUT2D eigenvalue weighted by Gasteiger charge is -2.24. The quantitative estimate of drug-likeness (QED) is 0.109. The largest absolute Gasteiger partial charge is 0.481 e. The summed E-state index contributed by atoms with van der Waals surface area (Å²) in [6.45, 7) is 10.8. The molecule has 0 spiro atoms. The summed E-state index contributed by atoms with van der Waals surface area (Å²) in [7, 11) is 0. The Morgan fingerprint density at radius 2 is 1.30 bits per heavy atom. The van der Waals surface area contributed by atoms with E-state index in [0.29, 0.717) is 12.0 Å². The molecule has 1 rings (SSSR count). The van der Waals surface area contributed by atoms with E-state index in [2.05, 4.69) is 5.32 Å². The molecule has 0 unspecified atom stereocenters. The van der Waals surface area contributed by atoms with Crippen molar-refractivity contribution in [2.75, 3.05) is 5.75 Å². The maximum absolute atomic E-state index is 12.3. The number of nitrogens with one attached hydrogen (secondary N) is 1. The van der Waals surface area contributed by atoms with Crippen LogP contribution in [0.1, 0.15) is 123 Å². The van der Waals surface area contributed by atoms with Crippen LogP contribution in [0, 0.1) is 0 Å². The number of hydrogen-bond donors (Lipinski definition) is 2. The normalized spacial score (nSPS) is 12.4. The van der Waals surface area contributed by atoms with Crippen molar-refractivity contribution in [2.45, 2.75) is 134 Å². The van der Waals surface area contributed by atoms with Gasteiger partial charge in [0.15, 0.2) is 0 Å². The highest BCUT2D eigenvalue weighted by Crippen LogP contribution is 2.22. The van der Waals surface area contributed by atoms with Crippen LogP contribution < -0.4 is 5.32 Å². The number of aliphatic carboxylic acids is 1. The first-order chi connectivity index (χ1) is 18.7. The van der Waals surface area contributed by atoms with Gasteiger partial charge in [0.05, 0.1) is 5.56 Å². The molecule has 0 bridgehead atoms. The van der Waals surface area contributed by atoms with Gasteiger partial charge in [-0.05, 0) is 90.8 Å². The van der Waals surface area contributed by atoms with Crippen LogP contribution in [0.5, 0.6) is 0 Å². The third-order valence-electron chi connectivity index (χ3n) is 5.73. The molecule has 1 atom stereocenters. The zero-order chi connectivity index (χ0) is 30.2. The van der Waals surface area contributed by atoms with Crippen molar-refractivity contribution in [3.05, 3.63) is 29.8 Å². The van der Waals surface area contributed by atoms with Gasteiger partial charge in [0, 0.05) is 17.7 Å². The Balaban J connectivity index is 2.14. The zero-order valence-corrected chi connectivity index (χ0v) is 26.0. The van der Waals surface area contributed by atoms with Gasteiger partial charge in [-0.25, -0.2) is 9.59 Å². The lowest BCUT2D eigenvalue weighted by atomic mass is 10.1. The van der Waals surface area contributed by atoms with E-state index in [1.807, 2.05) is 45.0 Å². The number of rotatable bonds is 18. The molecule has 0 aliphatic carbocycles. The maximum Gasteiger partial charge on any atom is 0.338 e. The van der Waals surface area contributed by atoms with E-state index in [0.717, 1.165) is 49.2 Å². The van der Waals surface area contributed by atoms with Crippen molar-refractivity contribution in [1.82, 2.24) is 5.32 Å². The highest BCUT2D eigenvalue weighted by molar-refractivity contribution is 7.99. The summed E-state index contributed by atoms with van der Waals surface area (Å²) in [6.07, 6.45) is 8.61. The highest BCUT2D eigenvalue weighted by atomic mass is 32.2. The maximum atomic E-state index is 12.3. The first kappa shape index (κ1) is 35.5. The lowest BCUT2D eigenvalue weighted by Crippen LogP contribution is -2.44. The number of benzene rings is 1. The van der Waals surface area contributed by atoms with Crippen molar-refractivity contribution in [3.63, 3.8) is 0 Å². The number of ether oxygens (including phenoxy) is 2. The minimum Gasteiger partial charge on any atom is -0.481 e. The van der Waals surface area contributed by atoms with Gasteiger partial charge in [0.1, 0.15) is 17.2 Å². The molecular weight excluding hydrogens is 530 g/mol. The Bertz CT molecular complexity index is 932. The number of unbranched alkanes of at least 4 members (excludes halogenated alkanes) is 7. The van der Waals surface area contributed by atoms with E-state index in [1.165, 1.54) is 12.8 Å². The standard InChI is InChI=1S/C31H49NO7S/c1-30(2,3)38-28(36)23-16-18-24(19-17-23)40-22-14-12-10-8-7-9-11-13-15-26(33)32-25(20-21-27(34)35)29(37)39-31(4,5)6/h16-19,25H,7-15,20-22H2,1-6H3,(H,32,33)(H,34,35)/t25-/m0/s1. The molecule has 1 amide bonds. The van der Waals surface area contributed by atoms with Crippen LogP contribution in [-0.2, 0) is 23.9 Å². The molecule has 9 heteroatoms. The van der Waals surface area contributed by atoms with Crippen molar-refractivity contribution in [1.29, 1.82) is 0 Å². The fourth-order valence-corrected chi connectivity index (χ4v) is 4.73. The molecule has 1 aromatic carbocycles. The lowest BCUT2D eigenvalue weighted by molar-refractivity contribution is -0.159. The van der Waals surface area contributed by atoms with Crippen LogP contribution in [0.2, 0.25) is 0 Å². The molecule has 0 saturated carbocycles. The van der Waals surface area contributed by atoms with Crippen LogP contribution in [0.3, 0.4) is 0 Å². The zero-order valence-electron chi connectivity index (χ0n) is 25.2. The molecule has 1 aromatic rings. The van der Waals surface area contributed by atoms with Gasteiger partial charge in [-0.2, -0.15) is 0 Å². The summed E-state index contributed by atoms with van der Waals surface area (Å²) in [5.41, 5.74) is -0.638. The van der Waals surface area contributed by atoms with Crippen molar-refractivity contribution in [3.8, 4) is 0 Å². The third-order valence-corrected chi connectivity index (χ3v) is 6.83. The number of thioether (sulfide) groups is 1. The minimum atomic E-state index is -1.02. The summed E-state index contributed by atoms with van der Waals surface area (Å²) in [4.78, 5) is 48.8. The second-order valence-corrected chi connectivity index (χ2v) is 13.2. The van der Waals surface area contributed by atoms with E-state index in [4.69, 9.17) is 14.6 Å². The molecule has 0 aliphatic heterocycles. The van der Waals surface area contributed by atoms with E-state index >= 15 is 0 Å². The first-order valence-corrected chi connectivity index (χ1v) is 15.3. The Morgan fingerprint density at radius 1 is 0.775 bits per heavy atom. The molecule has 40 heavy (non-hydrogen) atoms. The number of carboxylic acid groups (broad SMARTS) is 1. The third kappa shape index (κ3) is 17.9. The average Bonchev–Trinajstić information content (AvgIpc) is 2.83. The molecular formula is C31H49NO7S. The van der Waals surface area contributed by atoms with E-state index < -0.39 is 29.2 Å². The van der Waals surface area contributed by atoms with E-state index in [1.54, 1.807) is 32.5 Å². The van der Waals surface area contributed by atoms with Gasteiger partial charge in [0.2, 0.25) is 5.91 Å². The van der Waals surface area contributed by atoms with Gasteiger partial charge < -0.3 is 19.9 Å². The van der Waals surface area contributed by atoms with Crippen molar-refractivity contribution >= 4 is 35.6 Å². The van der Waals surface area contributed by atoms with Crippen LogP contribution in [0.4, 0.5) is 0 Å². The second kappa shape index (κ2) is 18.0.